The highest BCUT2D eigenvalue weighted by Crippen LogP contribution is 2.43. The molecule has 3 rings (SSSR count). The summed E-state index contributed by atoms with van der Waals surface area (Å²) in [7, 11) is 0. The molecule has 2 heterocycles. The number of thioether (sulfide) groups is 1. The Labute approximate surface area is 151 Å². The SMILES string of the molecule is C=CCOC(=O)C1=C(C)N=C2SC(C)C(=O)N2C1c1ccc(C)cc1. The van der Waals surface area contributed by atoms with Crippen molar-refractivity contribution in [2.75, 3.05) is 6.61 Å². The highest BCUT2D eigenvalue weighted by Gasteiger charge is 2.46. The van der Waals surface area contributed by atoms with Crippen LogP contribution in [-0.2, 0) is 14.3 Å². The number of benzene rings is 1. The number of amides is 1. The lowest BCUT2D eigenvalue weighted by Gasteiger charge is -2.33. The molecule has 1 aromatic carbocycles. The number of aryl methyl sites for hydroxylation is 1. The number of hydrogen-bond acceptors (Lipinski definition) is 5. The molecule has 1 saturated heterocycles. The Balaban J connectivity index is 2.11. The number of aliphatic imine (C=N–C) groups is 1. The molecule has 1 amide bonds. The van der Waals surface area contributed by atoms with Crippen LogP contribution >= 0.6 is 11.8 Å². The summed E-state index contributed by atoms with van der Waals surface area (Å²) in [6.45, 7) is 9.32. The molecular weight excluding hydrogens is 336 g/mol. The van der Waals surface area contributed by atoms with Crippen LogP contribution in [0.2, 0.25) is 0 Å². The standard InChI is InChI=1S/C19H20N2O3S/c1-5-10-24-18(23)15-12(3)20-19-21(17(22)13(4)25-19)16(15)14-8-6-11(2)7-9-14/h5-9,13,16H,1,10H2,2-4H3. The van der Waals surface area contributed by atoms with E-state index in [1.807, 2.05) is 38.1 Å². The van der Waals surface area contributed by atoms with Gasteiger partial charge in [0.25, 0.3) is 0 Å². The van der Waals surface area contributed by atoms with E-state index in [2.05, 4.69) is 11.6 Å². The lowest BCUT2D eigenvalue weighted by Crippen LogP contribution is -2.40. The first-order valence-corrected chi connectivity index (χ1v) is 8.95. The Morgan fingerprint density at radius 2 is 2.04 bits per heavy atom. The minimum atomic E-state index is -0.518. The van der Waals surface area contributed by atoms with Gasteiger partial charge in [-0.2, -0.15) is 0 Å². The zero-order valence-electron chi connectivity index (χ0n) is 14.5. The van der Waals surface area contributed by atoms with Crippen LogP contribution in [0.15, 0.2) is 53.2 Å². The third-order valence-electron chi connectivity index (χ3n) is 4.20. The number of carbonyl (C=O) groups excluding carboxylic acids is 2. The van der Waals surface area contributed by atoms with Crippen molar-refractivity contribution in [1.82, 2.24) is 4.90 Å². The highest BCUT2D eigenvalue weighted by atomic mass is 32.2. The van der Waals surface area contributed by atoms with Crippen molar-refractivity contribution >= 4 is 28.8 Å². The van der Waals surface area contributed by atoms with E-state index in [-0.39, 0.29) is 17.8 Å². The average Bonchev–Trinajstić information content (AvgIpc) is 2.86. The van der Waals surface area contributed by atoms with Crippen molar-refractivity contribution in [1.29, 1.82) is 0 Å². The van der Waals surface area contributed by atoms with E-state index in [0.29, 0.717) is 16.4 Å². The van der Waals surface area contributed by atoms with Gasteiger partial charge in [0.1, 0.15) is 6.61 Å². The first-order chi connectivity index (χ1) is 11.9. The molecule has 2 aliphatic heterocycles. The molecular formula is C19H20N2O3S. The molecule has 5 nitrogen and oxygen atoms in total. The van der Waals surface area contributed by atoms with Crippen LogP contribution in [-0.4, -0.2) is 33.8 Å². The van der Waals surface area contributed by atoms with Crippen molar-refractivity contribution in [3.8, 4) is 0 Å². The van der Waals surface area contributed by atoms with Gasteiger partial charge in [-0.15, -0.1) is 0 Å². The van der Waals surface area contributed by atoms with Crippen molar-refractivity contribution in [2.45, 2.75) is 32.1 Å². The highest BCUT2D eigenvalue weighted by molar-refractivity contribution is 8.15. The number of esters is 1. The Kier molecular flexibility index (Phi) is 4.81. The smallest absolute Gasteiger partial charge is 0.338 e. The molecule has 0 aromatic heterocycles. The number of nitrogens with zero attached hydrogens (tertiary/aromatic N) is 2. The number of hydrogen-bond donors (Lipinski definition) is 0. The Hall–Kier alpha value is -2.34. The third-order valence-corrected chi connectivity index (χ3v) is 5.26. The van der Waals surface area contributed by atoms with Gasteiger partial charge in [0.2, 0.25) is 5.91 Å². The average molecular weight is 356 g/mol. The zero-order chi connectivity index (χ0) is 18.1. The number of amidine groups is 1. The molecule has 0 bridgehead atoms. The van der Waals surface area contributed by atoms with Gasteiger partial charge in [-0.3, -0.25) is 9.69 Å². The summed E-state index contributed by atoms with van der Waals surface area (Å²) in [4.78, 5) is 31.5. The Morgan fingerprint density at radius 3 is 2.68 bits per heavy atom. The van der Waals surface area contributed by atoms with Gasteiger partial charge in [-0.25, -0.2) is 9.79 Å². The quantitative estimate of drug-likeness (QED) is 0.613. The van der Waals surface area contributed by atoms with Crippen molar-refractivity contribution < 1.29 is 14.3 Å². The maximum absolute atomic E-state index is 12.7. The maximum atomic E-state index is 12.7. The van der Waals surface area contributed by atoms with Gasteiger partial charge in [0.15, 0.2) is 5.17 Å². The van der Waals surface area contributed by atoms with Gasteiger partial charge in [-0.1, -0.05) is 54.2 Å². The van der Waals surface area contributed by atoms with Crippen LogP contribution < -0.4 is 0 Å². The Bertz CT molecular complexity index is 795. The molecule has 1 fully saturated rings. The van der Waals surface area contributed by atoms with E-state index in [1.165, 1.54) is 17.8 Å². The van der Waals surface area contributed by atoms with Gasteiger partial charge in [-0.05, 0) is 26.3 Å². The van der Waals surface area contributed by atoms with Crippen LogP contribution in [0.3, 0.4) is 0 Å². The third kappa shape index (κ3) is 3.14. The molecule has 2 atom stereocenters. The predicted molar refractivity (Wildman–Crippen MR) is 99.1 cm³/mol. The van der Waals surface area contributed by atoms with Crippen molar-refractivity contribution in [3.05, 3.63) is 59.3 Å². The number of fused-ring (bicyclic) bond motifs is 1. The summed E-state index contributed by atoms with van der Waals surface area (Å²) in [5.74, 6) is -0.515. The summed E-state index contributed by atoms with van der Waals surface area (Å²) in [6, 6.07) is 7.31. The molecule has 0 saturated carbocycles. The topological polar surface area (TPSA) is 59.0 Å². The number of rotatable bonds is 4. The van der Waals surface area contributed by atoms with Gasteiger partial charge >= 0.3 is 5.97 Å². The molecule has 2 aliphatic rings. The molecule has 25 heavy (non-hydrogen) atoms. The van der Waals surface area contributed by atoms with Crippen molar-refractivity contribution in [3.63, 3.8) is 0 Å². The van der Waals surface area contributed by atoms with Crippen LogP contribution in [0.5, 0.6) is 0 Å². The summed E-state index contributed by atoms with van der Waals surface area (Å²) < 4.78 is 5.26. The van der Waals surface area contributed by atoms with Crippen LogP contribution in [0.1, 0.15) is 31.0 Å². The molecule has 0 N–H and O–H groups in total. The van der Waals surface area contributed by atoms with E-state index < -0.39 is 12.0 Å². The largest absolute Gasteiger partial charge is 0.458 e. The minimum Gasteiger partial charge on any atom is -0.458 e. The fourth-order valence-corrected chi connectivity index (χ4v) is 3.97. The first kappa shape index (κ1) is 17.5. The number of allylic oxidation sites excluding steroid dienone is 1. The van der Waals surface area contributed by atoms with E-state index in [4.69, 9.17) is 4.74 Å². The lowest BCUT2D eigenvalue weighted by atomic mass is 9.93. The zero-order valence-corrected chi connectivity index (χ0v) is 15.3. The van der Waals surface area contributed by atoms with E-state index in [9.17, 15) is 9.59 Å². The van der Waals surface area contributed by atoms with E-state index in [0.717, 1.165) is 11.1 Å². The van der Waals surface area contributed by atoms with E-state index in [1.54, 1.807) is 11.8 Å². The van der Waals surface area contributed by atoms with Crippen LogP contribution in [0, 0.1) is 6.92 Å². The molecule has 6 heteroatoms. The monoisotopic (exact) mass is 356 g/mol. The van der Waals surface area contributed by atoms with Crippen LogP contribution in [0.4, 0.5) is 0 Å². The molecule has 2 unspecified atom stereocenters. The second-order valence-electron chi connectivity index (χ2n) is 6.06. The molecule has 0 aliphatic carbocycles. The molecule has 0 radical (unpaired) electrons. The Morgan fingerprint density at radius 1 is 1.36 bits per heavy atom. The molecule has 130 valence electrons. The second-order valence-corrected chi connectivity index (χ2v) is 7.37. The summed E-state index contributed by atoms with van der Waals surface area (Å²) in [5.41, 5.74) is 2.96. The fourth-order valence-electron chi connectivity index (χ4n) is 2.94. The molecule has 0 spiro atoms. The number of ether oxygens (including phenoxy) is 1. The van der Waals surface area contributed by atoms with Gasteiger partial charge < -0.3 is 4.74 Å². The number of carbonyl (C=O) groups is 2. The maximum Gasteiger partial charge on any atom is 0.338 e. The summed E-state index contributed by atoms with van der Waals surface area (Å²) in [5, 5.41) is 0.420. The van der Waals surface area contributed by atoms with Crippen molar-refractivity contribution in [2.24, 2.45) is 4.99 Å². The lowest BCUT2D eigenvalue weighted by molar-refractivity contribution is -0.139. The fraction of sp³-hybridized carbons (Fsp3) is 0.316. The second kappa shape index (κ2) is 6.88. The molecule has 1 aromatic rings. The summed E-state index contributed by atoms with van der Waals surface area (Å²) >= 11 is 1.42. The van der Waals surface area contributed by atoms with Gasteiger partial charge in [0, 0.05) is 0 Å². The van der Waals surface area contributed by atoms with E-state index >= 15 is 0 Å². The minimum absolute atomic E-state index is 0.0455. The predicted octanol–water partition coefficient (Wildman–Crippen LogP) is 3.37. The van der Waals surface area contributed by atoms with Crippen LogP contribution in [0.25, 0.3) is 0 Å². The first-order valence-electron chi connectivity index (χ1n) is 8.07. The summed E-state index contributed by atoms with van der Waals surface area (Å²) in [6.07, 6.45) is 1.52. The normalized spacial score (nSPS) is 22.6. The van der Waals surface area contributed by atoms with Gasteiger partial charge in [0.05, 0.1) is 22.6 Å².